The lowest BCUT2D eigenvalue weighted by atomic mass is 10.1. The Bertz CT molecular complexity index is 430. The third kappa shape index (κ3) is 4.61. The molecule has 2 rings (SSSR count). The van der Waals surface area contributed by atoms with Crippen LogP contribution in [0.15, 0.2) is 18.2 Å². The van der Waals surface area contributed by atoms with Crippen molar-refractivity contribution in [1.82, 2.24) is 5.32 Å². The highest BCUT2D eigenvalue weighted by molar-refractivity contribution is 5.44. The topological polar surface area (TPSA) is 50.7 Å². The summed E-state index contributed by atoms with van der Waals surface area (Å²) in [5, 5.41) is 12.2. The Labute approximate surface area is 127 Å². The molecule has 1 aromatic rings. The molecule has 0 aromatic heterocycles. The average Bonchev–Trinajstić information content (AvgIpc) is 3.00. The van der Waals surface area contributed by atoms with E-state index in [1.54, 1.807) is 7.11 Å². The Hall–Kier alpha value is -1.26. The minimum Gasteiger partial charge on any atom is -0.493 e. The van der Waals surface area contributed by atoms with Crippen molar-refractivity contribution in [2.75, 3.05) is 20.3 Å². The molecule has 0 radical (unpaired) electrons. The van der Waals surface area contributed by atoms with E-state index in [9.17, 15) is 0 Å². The van der Waals surface area contributed by atoms with Gasteiger partial charge in [0.2, 0.25) is 0 Å². The molecule has 0 bridgehead atoms. The average molecular weight is 293 g/mol. The fraction of sp³-hybridized carbons (Fsp3) is 0.647. The van der Waals surface area contributed by atoms with Crippen LogP contribution in [-0.2, 0) is 0 Å². The number of hydrogen-bond acceptors (Lipinski definition) is 4. The number of methoxy groups -OCH3 is 1. The van der Waals surface area contributed by atoms with Gasteiger partial charge in [-0.25, -0.2) is 0 Å². The lowest BCUT2D eigenvalue weighted by Gasteiger charge is -2.19. The van der Waals surface area contributed by atoms with E-state index in [1.165, 1.54) is 18.4 Å². The van der Waals surface area contributed by atoms with E-state index >= 15 is 0 Å². The first-order valence-electron chi connectivity index (χ1n) is 7.93. The number of ether oxygens (including phenoxy) is 2. The quantitative estimate of drug-likeness (QED) is 0.723. The Morgan fingerprint density at radius 3 is 2.71 bits per heavy atom. The van der Waals surface area contributed by atoms with Crippen molar-refractivity contribution < 1.29 is 14.6 Å². The molecule has 1 aliphatic carbocycles. The van der Waals surface area contributed by atoms with Crippen molar-refractivity contribution in [1.29, 1.82) is 0 Å². The highest BCUT2D eigenvalue weighted by Gasteiger charge is 2.19. The molecular formula is C17H27NO3. The molecule has 0 saturated heterocycles. The molecule has 1 fully saturated rings. The lowest BCUT2D eigenvalue weighted by molar-refractivity contribution is 0.200. The normalized spacial score (nSPS) is 16.9. The zero-order valence-electron chi connectivity index (χ0n) is 13.1. The number of rotatable bonds is 8. The van der Waals surface area contributed by atoms with E-state index in [1.807, 2.05) is 12.1 Å². The minimum absolute atomic E-state index is 0.219. The van der Waals surface area contributed by atoms with Crippen LogP contribution in [0.5, 0.6) is 11.5 Å². The number of aliphatic hydroxyl groups excluding tert-OH is 1. The Balaban J connectivity index is 2.00. The first-order valence-corrected chi connectivity index (χ1v) is 7.93. The van der Waals surface area contributed by atoms with Gasteiger partial charge < -0.3 is 19.9 Å². The Morgan fingerprint density at radius 2 is 2.05 bits per heavy atom. The third-order valence-electron chi connectivity index (χ3n) is 4.07. The summed E-state index contributed by atoms with van der Waals surface area (Å²) in [6.45, 7) is 3.14. The summed E-state index contributed by atoms with van der Waals surface area (Å²) in [7, 11) is 1.68. The molecule has 1 aromatic carbocycles. The third-order valence-corrected chi connectivity index (χ3v) is 4.07. The second kappa shape index (κ2) is 8.25. The molecule has 0 aliphatic heterocycles. The molecule has 1 atom stereocenters. The van der Waals surface area contributed by atoms with Gasteiger partial charge in [0, 0.05) is 12.6 Å². The van der Waals surface area contributed by atoms with Crippen LogP contribution in [0.2, 0.25) is 0 Å². The van der Waals surface area contributed by atoms with Crippen LogP contribution in [0.4, 0.5) is 0 Å². The van der Waals surface area contributed by atoms with Gasteiger partial charge in [-0.05, 0) is 63.3 Å². The van der Waals surface area contributed by atoms with Crippen LogP contribution < -0.4 is 14.8 Å². The maximum Gasteiger partial charge on any atom is 0.161 e. The second-order valence-electron chi connectivity index (χ2n) is 5.69. The molecule has 2 N–H and O–H groups in total. The standard InChI is InChI=1S/C17H27NO3/c1-13(18-10-5-11-19)14-8-9-16(17(12-14)20-2)21-15-6-3-4-7-15/h8-9,12-13,15,18-19H,3-7,10-11H2,1-2H3. The molecule has 118 valence electrons. The molecule has 0 heterocycles. The van der Waals surface area contributed by atoms with Crippen molar-refractivity contribution in [2.45, 2.75) is 51.2 Å². The zero-order chi connectivity index (χ0) is 15.1. The maximum atomic E-state index is 8.83. The smallest absolute Gasteiger partial charge is 0.161 e. The van der Waals surface area contributed by atoms with Crippen molar-refractivity contribution >= 4 is 0 Å². The van der Waals surface area contributed by atoms with E-state index in [0.29, 0.717) is 6.10 Å². The van der Waals surface area contributed by atoms with Crippen LogP contribution in [0.25, 0.3) is 0 Å². The lowest BCUT2D eigenvalue weighted by Crippen LogP contribution is -2.20. The highest BCUT2D eigenvalue weighted by atomic mass is 16.5. The largest absolute Gasteiger partial charge is 0.493 e. The van der Waals surface area contributed by atoms with Gasteiger partial charge in [-0.3, -0.25) is 0 Å². The molecule has 4 nitrogen and oxygen atoms in total. The van der Waals surface area contributed by atoms with Crippen LogP contribution in [0, 0.1) is 0 Å². The van der Waals surface area contributed by atoms with Crippen molar-refractivity contribution in [2.24, 2.45) is 0 Å². The number of hydrogen-bond donors (Lipinski definition) is 2. The van der Waals surface area contributed by atoms with Gasteiger partial charge in [0.05, 0.1) is 13.2 Å². The summed E-state index contributed by atoms with van der Waals surface area (Å²) in [5.41, 5.74) is 1.17. The van der Waals surface area contributed by atoms with Crippen LogP contribution in [0.1, 0.15) is 50.6 Å². The first-order chi connectivity index (χ1) is 10.2. The molecule has 0 amide bonds. The van der Waals surface area contributed by atoms with Gasteiger partial charge in [-0.1, -0.05) is 6.07 Å². The molecule has 1 aliphatic rings. The maximum absolute atomic E-state index is 8.83. The van der Waals surface area contributed by atoms with E-state index in [-0.39, 0.29) is 12.6 Å². The van der Waals surface area contributed by atoms with Crippen LogP contribution >= 0.6 is 0 Å². The highest BCUT2D eigenvalue weighted by Crippen LogP contribution is 2.33. The predicted octanol–water partition coefficient (Wildman–Crippen LogP) is 3.05. The zero-order valence-corrected chi connectivity index (χ0v) is 13.1. The fourth-order valence-corrected chi connectivity index (χ4v) is 2.75. The minimum atomic E-state index is 0.219. The summed E-state index contributed by atoms with van der Waals surface area (Å²) in [6, 6.07) is 6.37. The Kier molecular flexibility index (Phi) is 6.33. The molecular weight excluding hydrogens is 266 g/mol. The van der Waals surface area contributed by atoms with Gasteiger partial charge in [0.1, 0.15) is 0 Å². The monoisotopic (exact) mass is 293 g/mol. The van der Waals surface area contributed by atoms with Gasteiger partial charge >= 0.3 is 0 Å². The number of benzene rings is 1. The first kappa shape index (κ1) is 16.1. The van der Waals surface area contributed by atoms with E-state index in [4.69, 9.17) is 14.6 Å². The number of aliphatic hydroxyl groups is 1. The van der Waals surface area contributed by atoms with E-state index in [0.717, 1.165) is 37.3 Å². The van der Waals surface area contributed by atoms with E-state index in [2.05, 4.69) is 18.3 Å². The molecule has 21 heavy (non-hydrogen) atoms. The molecule has 1 saturated carbocycles. The summed E-state index contributed by atoms with van der Waals surface area (Å²) in [4.78, 5) is 0. The second-order valence-corrected chi connectivity index (χ2v) is 5.69. The van der Waals surface area contributed by atoms with Gasteiger partial charge in [0.25, 0.3) is 0 Å². The van der Waals surface area contributed by atoms with Gasteiger partial charge in [0.15, 0.2) is 11.5 Å². The van der Waals surface area contributed by atoms with Gasteiger partial charge in [-0.15, -0.1) is 0 Å². The predicted molar refractivity (Wildman–Crippen MR) is 84.0 cm³/mol. The van der Waals surface area contributed by atoms with Crippen LogP contribution in [0.3, 0.4) is 0 Å². The van der Waals surface area contributed by atoms with Crippen LogP contribution in [-0.4, -0.2) is 31.5 Å². The van der Waals surface area contributed by atoms with Crippen molar-refractivity contribution in [3.05, 3.63) is 23.8 Å². The summed E-state index contributed by atoms with van der Waals surface area (Å²) in [6.07, 6.45) is 5.91. The molecule has 4 heteroatoms. The summed E-state index contributed by atoms with van der Waals surface area (Å²) < 4.78 is 11.5. The Morgan fingerprint density at radius 1 is 1.29 bits per heavy atom. The fourth-order valence-electron chi connectivity index (χ4n) is 2.75. The number of nitrogens with one attached hydrogen (secondary N) is 1. The summed E-state index contributed by atoms with van der Waals surface area (Å²) >= 11 is 0. The molecule has 1 unspecified atom stereocenters. The van der Waals surface area contributed by atoms with Crippen molar-refractivity contribution in [3.8, 4) is 11.5 Å². The summed E-state index contributed by atoms with van der Waals surface area (Å²) in [5.74, 6) is 1.64. The van der Waals surface area contributed by atoms with Crippen molar-refractivity contribution in [3.63, 3.8) is 0 Å². The SMILES string of the molecule is COc1cc(C(C)NCCCO)ccc1OC1CCCC1. The molecule has 0 spiro atoms. The van der Waals surface area contributed by atoms with E-state index < -0.39 is 0 Å². The van der Waals surface area contributed by atoms with Gasteiger partial charge in [-0.2, -0.15) is 0 Å².